The first-order valence-electron chi connectivity index (χ1n) is 6.45. The molecule has 4 heteroatoms. The fraction of sp³-hybridized carbons (Fsp3) is 0.188. The van der Waals surface area contributed by atoms with Crippen molar-refractivity contribution in [2.45, 2.75) is 13.5 Å². The highest BCUT2D eigenvalue weighted by molar-refractivity contribution is 9.10. The molecule has 20 heavy (non-hydrogen) atoms. The first kappa shape index (κ1) is 14.6. The largest absolute Gasteiger partial charge is 0.376 e. The van der Waals surface area contributed by atoms with Gasteiger partial charge in [-0.15, -0.1) is 0 Å². The highest BCUT2D eigenvalue weighted by atomic mass is 79.9. The molecule has 0 fully saturated rings. The number of hydrogen-bond acceptors (Lipinski definition) is 2. The number of benzene rings is 2. The van der Waals surface area contributed by atoms with Gasteiger partial charge in [0, 0.05) is 16.7 Å². The molecule has 2 N–H and O–H groups in total. The van der Waals surface area contributed by atoms with E-state index < -0.39 is 0 Å². The van der Waals surface area contributed by atoms with Crippen LogP contribution in [0.3, 0.4) is 0 Å². The van der Waals surface area contributed by atoms with Crippen LogP contribution in [0.5, 0.6) is 0 Å². The van der Waals surface area contributed by atoms with E-state index in [0.717, 1.165) is 15.7 Å². The third-order valence-corrected chi connectivity index (χ3v) is 3.44. The van der Waals surface area contributed by atoms with Gasteiger partial charge in [0.25, 0.3) is 0 Å². The Hall–Kier alpha value is -1.81. The van der Waals surface area contributed by atoms with Crippen molar-refractivity contribution in [2.24, 2.45) is 0 Å². The van der Waals surface area contributed by atoms with Crippen molar-refractivity contribution in [3.63, 3.8) is 0 Å². The van der Waals surface area contributed by atoms with E-state index in [2.05, 4.69) is 26.6 Å². The molecule has 0 aliphatic heterocycles. The SMILES string of the molecule is Cc1ccc(CNC(=O)CNc2ccc(Br)cc2)cc1. The van der Waals surface area contributed by atoms with E-state index in [9.17, 15) is 4.79 Å². The van der Waals surface area contributed by atoms with Gasteiger partial charge >= 0.3 is 0 Å². The average molecular weight is 333 g/mol. The third-order valence-electron chi connectivity index (χ3n) is 2.91. The lowest BCUT2D eigenvalue weighted by molar-refractivity contribution is -0.119. The van der Waals surface area contributed by atoms with E-state index >= 15 is 0 Å². The molecule has 2 aromatic rings. The molecule has 1 amide bonds. The highest BCUT2D eigenvalue weighted by Gasteiger charge is 2.01. The summed E-state index contributed by atoms with van der Waals surface area (Å²) in [5.74, 6) is -0.0199. The number of rotatable bonds is 5. The van der Waals surface area contributed by atoms with Gasteiger partial charge in [0.05, 0.1) is 6.54 Å². The van der Waals surface area contributed by atoms with Gasteiger partial charge in [-0.25, -0.2) is 0 Å². The Kier molecular flexibility index (Phi) is 5.18. The quantitative estimate of drug-likeness (QED) is 0.879. The average Bonchev–Trinajstić information content (AvgIpc) is 2.46. The molecule has 0 aliphatic carbocycles. The molecule has 0 saturated carbocycles. The van der Waals surface area contributed by atoms with Crippen LogP contribution in [0.4, 0.5) is 5.69 Å². The minimum Gasteiger partial charge on any atom is -0.376 e. The van der Waals surface area contributed by atoms with E-state index in [1.54, 1.807) is 0 Å². The normalized spacial score (nSPS) is 10.1. The maximum atomic E-state index is 11.7. The number of halogens is 1. The van der Waals surface area contributed by atoms with Crippen LogP contribution in [0, 0.1) is 6.92 Å². The summed E-state index contributed by atoms with van der Waals surface area (Å²) in [5.41, 5.74) is 3.25. The van der Waals surface area contributed by atoms with Gasteiger partial charge in [-0.1, -0.05) is 45.8 Å². The Labute approximate surface area is 127 Å². The van der Waals surface area contributed by atoms with Gasteiger partial charge in [-0.05, 0) is 36.8 Å². The van der Waals surface area contributed by atoms with Crippen molar-refractivity contribution in [1.82, 2.24) is 5.32 Å². The van der Waals surface area contributed by atoms with Crippen LogP contribution in [-0.2, 0) is 11.3 Å². The predicted octanol–water partition coefficient (Wildman–Crippen LogP) is 3.49. The monoisotopic (exact) mass is 332 g/mol. The highest BCUT2D eigenvalue weighted by Crippen LogP contribution is 2.13. The van der Waals surface area contributed by atoms with Crippen molar-refractivity contribution in [1.29, 1.82) is 0 Å². The van der Waals surface area contributed by atoms with Crippen LogP contribution in [-0.4, -0.2) is 12.5 Å². The van der Waals surface area contributed by atoms with Crippen molar-refractivity contribution in [2.75, 3.05) is 11.9 Å². The van der Waals surface area contributed by atoms with Crippen LogP contribution in [0.25, 0.3) is 0 Å². The second kappa shape index (κ2) is 7.10. The minimum absolute atomic E-state index is 0.0199. The molecule has 0 unspecified atom stereocenters. The van der Waals surface area contributed by atoms with E-state index in [0.29, 0.717) is 6.54 Å². The van der Waals surface area contributed by atoms with Crippen molar-refractivity contribution in [3.05, 3.63) is 64.1 Å². The first-order valence-corrected chi connectivity index (χ1v) is 7.24. The Balaban J connectivity index is 1.75. The Bertz CT molecular complexity index is 513. The van der Waals surface area contributed by atoms with E-state index in [4.69, 9.17) is 0 Å². The molecule has 0 spiro atoms. The number of nitrogens with one attached hydrogen (secondary N) is 2. The topological polar surface area (TPSA) is 41.1 Å². The molecule has 0 aromatic heterocycles. The fourth-order valence-electron chi connectivity index (χ4n) is 1.72. The molecule has 2 aromatic carbocycles. The van der Waals surface area contributed by atoms with Crippen LogP contribution >= 0.6 is 15.9 Å². The molecule has 104 valence electrons. The minimum atomic E-state index is -0.0199. The maximum Gasteiger partial charge on any atom is 0.239 e. The van der Waals surface area contributed by atoms with Crippen LogP contribution in [0.2, 0.25) is 0 Å². The predicted molar refractivity (Wildman–Crippen MR) is 85.7 cm³/mol. The lowest BCUT2D eigenvalue weighted by atomic mass is 10.1. The van der Waals surface area contributed by atoms with Gasteiger partial charge in [0.15, 0.2) is 0 Å². The number of aryl methyl sites for hydroxylation is 1. The summed E-state index contributed by atoms with van der Waals surface area (Å²) in [6, 6.07) is 15.9. The molecule has 0 saturated heterocycles. The molecular formula is C16H17BrN2O. The van der Waals surface area contributed by atoms with Gasteiger partial charge in [-0.3, -0.25) is 4.79 Å². The second-order valence-corrected chi connectivity index (χ2v) is 5.54. The molecule has 0 atom stereocenters. The second-order valence-electron chi connectivity index (χ2n) is 4.62. The lowest BCUT2D eigenvalue weighted by Crippen LogP contribution is -2.29. The summed E-state index contributed by atoms with van der Waals surface area (Å²) < 4.78 is 1.02. The van der Waals surface area contributed by atoms with Gasteiger partial charge in [0.1, 0.15) is 0 Å². The van der Waals surface area contributed by atoms with E-state index in [1.807, 2.05) is 55.5 Å². The number of amides is 1. The van der Waals surface area contributed by atoms with Gasteiger partial charge in [-0.2, -0.15) is 0 Å². The van der Waals surface area contributed by atoms with Crippen molar-refractivity contribution < 1.29 is 4.79 Å². The van der Waals surface area contributed by atoms with Crippen LogP contribution < -0.4 is 10.6 Å². The fourth-order valence-corrected chi connectivity index (χ4v) is 1.98. The summed E-state index contributed by atoms with van der Waals surface area (Å²) in [7, 11) is 0. The zero-order valence-corrected chi connectivity index (χ0v) is 12.9. The first-order chi connectivity index (χ1) is 9.63. The molecule has 0 radical (unpaired) electrons. The summed E-state index contributed by atoms with van der Waals surface area (Å²) in [6.45, 7) is 2.87. The Morgan fingerprint density at radius 3 is 2.35 bits per heavy atom. The smallest absolute Gasteiger partial charge is 0.239 e. The Morgan fingerprint density at radius 2 is 1.70 bits per heavy atom. The standard InChI is InChI=1S/C16H17BrN2O/c1-12-2-4-13(5-3-12)10-19-16(20)11-18-15-8-6-14(17)7-9-15/h2-9,18H,10-11H2,1H3,(H,19,20). The summed E-state index contributed by atoms with van der Waals surface area (Å²) in [6.07, 6.45) is 0. The zero-order valence-electron chi connectivity index (χ0n) is 11.3. The number of anilines is 1. The number of carbonyl (C=O) groups excluding carboxylic acids is 1. The van der Waals surface area contributed by atoms with Crippen molar-refractivity contribution >= 4 is 27.5 Å². The van der Waals surface area contributed by atoms with Gasteiger partial charge in [0.2, 0.25) is 5.91 Å². The number of hydrogen-bond donors (Lipinski definition) is 2. The zero-order chi connectivity index (χ0) is 14.4. The molecule has 3 nitrogen and oxygen atoms in total. The molecule has 0 bridgehead atoms. The molecule has 0 heterocycles. The molecular weight excluding hydrogens is 316 g/mol. The lowest BCUT2D eigenvalue weighted by Gasteiger charge is -2.08. The van der Waals surface area contributed by atoms with Crippen LogP contribution in [0.1, 0.15) is 11.1 Å². The summed E-state index contributed by atoms with van der Waals surface area (Å²) >= 11 is 3.37. The molecule has 2 rings (SSSR count). The third kappa shape index (κ3) is 4.70. The van der Waals surface area contributed by atoms with Crippen LogP contribution in [0.15, 0.2) is 53.0 Å². The summed E-state index contributed by atoms with van der Waals surface area (Å²) in [4.78, 5) is 11.7. The molecule has 0 aliphatic rings. The van der Waals surface area contributed by atoms with E-state index in [1.165, 1.54) is 5.56 Å². The number of carbonyl (C=O) groups is 1. The van der Waals surface area contributed by atoms with Gasteiger partial charge < -0.3 is 10.6 Å². The summed E-state index contributed by atoms with van der Waals surface area (Å²) in [5, 5.41) is 5.97. The van der Waals surface area contributed by atoms with Crippen molar-refractivity contribution in [3.8, 4) is 0 Å². The maximum absolute atomic E-state index is 11.7. The van der Waals surface area contributed by atoms with E-state index in [-0.39, 0.29) is 12.5 Å². The Morgan fingerprint density at radius 1 is 1.05 bits per heavy atom.